The van der Waals surface area contributed by atoms with Crippen molar-refractivity contribution in [3.8, 4) is 16.9 Å². The Morgan fingerprint density at radius 3 is 2.53 bits per heavy atom. The Labute approximate surface area is 96.3 Å². The van der Waals surface area contributed by atoms with Gasteiger partial charge in [-0.05, 0) is 33.6 Å². The van der Waals surface area contributed by atoms with Gasteiger partial charge < -0.3 is 4.74 Å². The maximum atomic E-state index is 5.15. The average molecular weight is 265 g/mol. The molecule has 15 heavy (non-hydrogen) atoms. The molecule has 1 heterocycles. The van der Waals surface area contributed by atoms with E-state index in [2.05, 4.69) is 25.9 Å². The van der Waals surface area contributed by atoms with Gasteiger partial charge in [0.25, 0.3) is 0 Å². The van der Waals surface area contributed by atoms with Gasteiger partial charge >= 0.3 is 0 Å². The van der Waals surface area contributed by atoms with Crippen molar-refractivity contribution in [1.82, 2.24) is 9.97 Å². The lowest BCUT2D eigenvalue weighted by atomic mass is 10.1. The number of benzene rings is 1. The van der Waals surface area contributed by atoms with Crippen LogP contribution in [0.2, 0.25) is 0 Å². The van der Waals surface area contributed by atoms with Crippen LogP contribution in [0.15, 0.2) is 41.4 Å². The third kappa shape index (κ3) is 2.33. The van der Waals surface area contributed by atoms with Crippen LogP contribution in [-0.4, -0.2) is 17.1 Å². The first kappa shape index (κ1) is 10.1. The van der Waals surface area contributed by atoms with E-state index in [0.29, 0.717) is 4.73 Å². The Balaban J connectivity index is 2.40. The van der Waals surface area contributed by atoms with E-state index in [1.54, 1.807) is 19.5 Å². The Hall–Kier alpha value is -1.42. The lowest BCUT2D eigenvalue weighted by Crippen LogP contribution is -1.86. The first-order valence-corrected chi connectivity index (χ1v) is 5.21. The summed E-state index contributed by atoms with van der Waals surface area (Å²) in [6.45, 7) is 0. The molecule has 0 aliphatic carbocycles. The third-order valence-electron chi connectivity index (χ3n) is 2.02. The molecule has 0 radical (unpaired) electrons. The maximum absolute atomic E-state index is 5.15. The summed E-state index contributed by atoms with van der Waals surface area (Å²) in [5.41, 5.74) is 2.01. The number of hydrogen-bond acceptors (Lipinski definition) is 3. The van der Waals surface area contributed by atoms with Gasteiger partial charge in [-0.25, -0.2) is 9.97 Å². The number of methoxy groups -OCH3 is 1. The van der Waals surface area contributed by atoms with Crippen molar-refractivity contribution in [1.29, 1.82) is 0 Å². The predicted molar refractivity (Wildman–Crippen MR) is 61.7 cm³/mol. The van der Waals surface area contributed by atoms with Crippen molar-refractivity contribution in [2.24, 2.45) is 0 Å². The summed E-state index contributed by atoms with van der Waals surface area (Å²) in [4.78, 5) is 8.15. The number of aromatic nitrogens is 2. The first-order valence-electron chi connectivity index (χ1n) is 4.41. The average Bonchev–Trinajstić information content (AvgIpc) is 2.30. The van der Waals surface area contributed by atoms with Crippen LogP contribution < -0.4 is 4.74 Å². The lowest BCUT2D eigenvalue weighted by Gasteiger charge is -2.03. The molecule has 1 aromatic heterocycles. The molecule has 0 aliphatic heterocycles. The van der Waals surface area contributed by atoms with Gasteiger partial charge in [0, 0.05) is 18.0 Å². The molecular weight excluding hydrogens is 256 g/mol. The second-order valence-corrected chi connectivity index (χ2v) is 3.68. The molecule has 0 atom stereocenters. The van der Waals surface area contributed by atoms with Crippen molar-refractivity contribution in [3.05, 3.63) is 41.4 Å². The van der Waals surface area contributed by atoms with E-state index in [4.69, 9.17) is 4.74 Å². The quantitative estimate of drug-likeness (QED) is 0.783. The van der Waals surface area contributed by atoms with Gasteiger partial charge in [0.2, 0.25) is 0 Å². The van der Waals surface area contributed by atoms with E-state index >= 15 is 0 Å². The zero-order chi connectivity index (χ0) is 10.7. The van der Waals surface area contributed by atoms with Gasteiger partial charge in [0.15, 0.2) is 4.73 Å². The molecule has 0 N–H and O–H groups in total. The van der Waals surface area contributed by atoms with E-state index in [-0.39, 0.29) is 0 Å². The van der Waals surface area contributed by atoms with Crippen LogP contribution in [0.5, 0.6) is 5.75 Å². The molecule has 4 heteroatoms. The van der Waals surface area contributed by atoms with Gasteiger partial charge in [0.1, 0.15) is 5.75 Å². The van der Waals surface area contributed by atoms with Crippen LogP contribution in [0.3, 0.4) is 0 Å². The molecule has 76 valence electrons. The van der Waals surface area contributed by atoms with Crippen molar-refractivity contribution in [2.45, 2.75) is 0 Å². The summed E-state index contributed by atoms with van der Waals surface area (Å²) in [5, 5.41) is 0. The lowest BCUT2D eigenvalue weighted by molar-refractivity contribution is 0.415. The van der Waals surface area contributed by atoms with Crippen LogP contribution in [0.1, 0.15) is 0 Å². The minimum atomic E-state index is 0.592. The molecule has 2 rings (SSSR count). The van der Waals surface area contributed by atoms with Crippen molar-refractivity contribution >= 4 is 15.9 Å². The topological polar surface area (TPSA) is 35.0 Å². The van der Waals surface area contributed by atoms with Gasteiger partial charge in [-0.2, -0.15) is 0 Å². The summed E-state index contributed by atoms with van der Waals surface area (Å²) in [5.74, 6) is 0.829. The van der Waals surface area contributed by atoms with Crippen molar-refractivity contribution < 1.29 is 4.74 Å². The molecule has 0 amide bonds. The highest BCUT2D eigenvalue weighted by Gasteiger charge is 2.00. The van der Waals surface area contributed by atoms with Crippen LogP contribution in [0.4, 0.5) is 0 Å². The molecule has 0 aliphatic rings. The second-order valence-electron chi connectivity index (χ2n) is 2.97. The van der Waals surface area contributed by atoms with E-state index in [1.165, 1.54) is 0 Å². The Morgan fingerprint density at radius 1 is 1.13 bits per heavy atom. The molecule has 0 fully saturated rings. The molecule has 0 saturated heterocycles. The molecule has 3 nitrogen and oxygen atoms in total. The Morgan fingerprint density at radius 2 is 1.87 bits per heavy atom. The van der Waals surface area contributed by atoms with Gasteiger partial charge in [-0.15, -0.1) is 0 Å². The van der Waals surface area contributed by atoms with E-state index in [0.717, 1.165) is 16.9 Å². The highest BCUT2D eigenvalue weighted by atomic mass is 79.9. The fourth-order valence-corrected chi connectivity index (χ4v) is 1.47. The van der Waals surface area contributed by atoms with Crippen molar-refractivity contribution in [2.75, 3.05) is 7.11 Å². The first-order chi connectivity index (χ1) is 7.29. The fourth-order valence-electron chi connectivity index (χ4n) is 1.26. The van der Waals surface area contributed by atoms with Crippen molar-refractivity contribution in [3.63, 3.8) is 0 Å². The SMILES string of the molecule is COc1cccc(-c2cnc(Br)nc2)c1. The second kappa shape index (κ2) is 4.40. The maximum Gasteiger partial charge on any atom is 0.196 e. The summed E-state index contributed by atoms with van der Waals surface area (Å²) in [6.07, 6.45) is 3.54. The zero-order valence-electron chi connectivity index (χ0n) is 8.14. The molecule has 0 spiro atoms. The normalized spacial score (nSPS) is 10.0. The molecule has 1 aromatic carbocycles. The van der Waals surface area contributed by atoms with Crippen LogP contribution >= 0.6 is 15.9 Å². The number of rotatable bonds is 2. The number of halogens is 1. The predicted octanol–water partition coefficient (Wildman–Crippen LogP) is 2.91. The fraction of sp³-hybridized carbons (Fsp3) is 0.0909. The summed E-state index contributed by atoms with van der Waals surface area (Å²) < 4.78 is 5.74. The largest absolute Gasteiger partial charge is 0.497 e. The standard InChI is InChI=1S/C11H9BrN2O/c1-15-10-4-2-3-8(5-10)9-6-13-11(12)14-7-9/h2-7H,1H3. The highest BCUT2D eigenvalue weighted by Crippen LogP contribution is 2.22. The van der Waals surface area contributed by atoms with Crippen LogP contribution in [0.25, 0.3) is 11.1 Å². The van der Waals surface area contributed by atoms with Crippen LogP contribution in [-0.2, 0) is 0 Å². The summed E-state index contributed by atoms with van der Waals surface area (Å²) in [7, 11) is 1.65. The zero-order valence-corrected chi connectivity index (χ0v) is 9.73. The Bertz CT molecular complexity index is 456. The van der Waals surface area contributed by atoms with Gasteiger partial charge in [-0.1, -0.05) is 12.1 Å². The third-order valence-corrected chi connectivity index (χ3v) is 2.43. The summed E-state index contributed by atoms with van der Waals surface area (Å²) in [6, 6.07) is 7.79. The number of nitrogens with zero attached hydrogens (tertiary/aromatic N) is 2. The van der Waals surface area contributed by atoms with Crippen LogP contribution in [0, 0.1) is 0 Å². The number of ether oxygens (including phenoxy) is 1. The minimum Gasteiger partial charge on any atom is -0.497 e. The number of hydrogen-bond donors (Lipinski definition) is 0. The summed E-state index contributed by atoms with van der Waals surface area (Å²) >= 11 is 3.20. The smallest absolute Gasteiger partial charge is 0.196 e. The van der Waals surface area contributed by atoms with E-state index < -0.39 is 0 Å². The molecular formula is C11H9BrN2O. The van der Waals surface area contributed by atoms with E-state index in [9.17, 15) is 0 Å². The molecule has 0 bridgehead atoms. The highest BCUT2D eigenvalue weighted by molar-refractivity contribution is 9.10. The monoisotopic (exact) mass is 264 g/mol. The molecule has 0 saturated carbocycles. The van der Waals surface area contributed by atoms with E-state index in [1.807, 2.05) is 24.3 Å². The molecule has 2 aromatic rings. The molecule has 0 unspecified atom stereocenters. The van der Waals surface area contributed by atoms with Gasteiger partial charge in [-0.3, -0.25) is 0 Å². The van der Waals surface area contributed by atoms with Gasteiger partial charge in [0.05, 0.1) is 7.11 Å². The minimum absolute atomic E-state index is 0.592. The Kier molecular flexibility index (Phi) is 2.97.